The molecule has 11 heteroatoms. The number of anilines is 3. The fourth-order valence-corrected chi connectivity index (χ4v) is 4.48. The number of carbonyl (C=O) groups excluding carboxylic acids is 1. The number of hydrogen-bond acceptors (Lipinski definition) is 8. The molecule has 1 aliphatic heterocycles. The van der Waals surface area contributed by atoms with Gasteiger partial charge in [0, 0.05) is 43.5 Å². The number of aliphatic hydroxyl groups is 1. The van der Waals surface area contributed by atoms with Crippen molar-refractivity contribution in [1.29, 1.82) is 5.26 Å². The second-order valence-electron chi connectivity index (χ2n) is 8.32. The number of halogens is 1. The van der Waals surface area contributed by atoms with Gasteiger partial charge >= 0.3 is 0 Å². The van der Waals surface area contributed by atoms with E-state index in [0.717, 1.165) is 11.4 Å². The summed E-state index contributed by atoms with van der Waals surface area (Å²) in [5, 5.41) is 27.6. The number of aryl methyl sites for hydroxylation is 1. The third kappa shape index (κ3) is 4.37. The number of benzene rings is 1. The zero-order valence-electron chi connectivity index (χ0n) is 19.3. The minimum Gasteiger partial charge on any atom is -0.396 e. The smallest absolute Gasteiger partial charge is 0.231 e. The molecule has 4 heterocycles. The van der Waals surface area contributed by atoms with E-state index in [0.29, 0.717) is 34.0 Å². The van der Waals surface area contributed by atoms with Gasteiger partial charge in [0.2, 0.25) is 11.9 Å². The van der Waals surface area contributed by atoms with E-state index in [-0.39, 0.29) is 36.6 Å². The summed E-state index contributed by atoms with van der Waals surface area (Å²) in [6.07, 6.45) is 4.88. The van der Waals surface area contributed by atoms with Crippen molar-refractivity contribution in [3.63, 3.8) is 0 Å². The number of nitriles is 1. The van der Waals surface area contributed by atoms with Gasteiger partial charge in [-0.1, -0.05) is 17.7 Å². The second-order valence-corrected chi connectivity index (χ2v) is 8.68. The van der Waals surface area contributed by atoms with Crippen molar-refractivity contribution in [3.05, 3.63) is 76.8 Å². The fraction of sp³-hybridized carbons (Fsp3) is 0.200. The lowest BCUT2D eigenvalue weighted by atomic mass is 9.96. The first-order chi connectivity index (χ1) is 17.5. The van der Waals surface area contributed by atoms with Gasteiger partial charge in [0.1, 0.15) is 17.0 Å². The normalized spacial score (nSPS) is 14.4. The standard InChI is InChI=1S/C25H21ClN8O2/c1-33-21(5-8-30-33)32-25-29-7-4-20(31-25)16-9-17(12-27)23-19(10-16)18(14-35)13-34(23)22(36)11-15-3-2-6-28-24(15)26/h2-10,18,35H,11,13-14H2,1H3,(H,29,31,32). The maximum atomic E-state index is 13.3. The Morgan fingerprint density at radius 1 is 1.25 bits per heavy atom. The van der Waals surface area contributed by atoms with Crippen molar-refractivity contribution in [3.8, 4) is 17.3 Å². The minimum atomic E-state index is -0.339. The van der Waals surface area contributed by atoms with Crippen LogP contribution in [0.5, 0.6) is 0 Å². The summed E-state index contributed by atoms with van der Waals surface area (Å²) >= 11 is 6.15. The van der Waals surface area contributed by atoms with E-state index in [4.69, 9.17) is 11.6 Å². The van der Waals surface area contributed by atoms with Crippen LogP contribution in [0.25, 0.3) is 11.3 Å². The summed E-state index contributed by atoms with van der Waals surface area (Å²) in [5.74, 6) is 0.534. The number of amides is 1. The maximum absolute atomic E-state index is 13.3. The molecule has 1 aliphatic rings. The molecule has 1 atom stereocenters. The quantitative estimate of drug-likeness (QED) is 0.385. The summed E-state index contributed by atoms with van der Waals surface area (Å²) in [6.45, 7) is 0.0908. The first-order valence-corrected chi connectivity index (χ1v) is 11.5. The Morgan fingerprint density at radius 2 is 2.11 bits per heavy atom. The summed E-state index contributed by atoms with van der Waals surface area (Å²) in [4.78, 5) is 27.7. The maximum Gasteiger partial charge on any atom is 0.231 e. The number of aromatic nitrogens is 5. The SMILES string of the molecule is Cn1nccc1Nc1nccc(-c2cc(C#N)c3c(c2)C(CO)CN3C(=O)Cc2cccnc2Cl)n1. The Labute approximate surface area is 211 Å². The molecule has 1 unspecified atom stereocenters. The van der Waals surface area contributed by atoms with Crippen molar-refractivity contribution in [2.45, 2.75) is 12.3 Å². The Hall–Kier alpha value is -4.33. The summed E-state index contributed by atoms with van der Waals surface area (Å²) in [5.41, 5.74) is 3.43. The zero-order chi connectivity index (χ0) is 25.2. The topological polar surface area (TPSA) is 133 Å². The number of nitrogens with zero attached hydrogens (tertiary/aromatic N) is 7. The van der Waals surface area contributed by atoms with Gasteiger partial charge in [-0.25, -0.2) is 15.0 Å². The van der Waals surface area contributed by atoms with E-state index < -0.39 is 0 Å². The first kappa shape index (κ1) is 23.4. The van der Waals surface area contributed by atoms with Crippen molar-refractivity contribution in [2.24, 2.45) is 7.05 Å². The molecule has 0 spiro atoms. The van der Waals surface area contributed by atoms with Gasteiger partial charge in [-0.3, -0.25) is 9.48 Å². The third-order valence-electron chi connectivity index (χ3n) is 6.08. The molecule has 180 valence electrons. The van der Waals surface area contributed by atoms with Crippen LogP contribution >= 0.6 is 11.6 Å². The van der Waals surface area contributed by atoms with E-state index in [1.165, 1.54) is 0 Å². The number of rotatable bonds is 6. The molecule has 1 amide bonds. The van der Waals surface area contributed by atoms with Crippen LogP contribution in [0, 0.1) is 11.3 Å². The average molecular weight is 501 g/mol. The van der Waals surface area contributed by atoms with Crippen LogP contribution in [0.4, 0.5) is 17.5 Å². The number of carbonyl (C=O) groups is 1. The first-order valence-electron chi connectivity index (χ1n) is 11.2. The highest BCUT2D eigenvalue weighted by Gasteiger charge is 2.35. The van der Waals surface area contributed by atoms with Gasteiger partial charge in [0.15, 0.2) is 0 Å². The van der Waals surface area contributed by atoms with Crippen LogP contribution in [0.3, 0.4) is 0 Å². The Kier molecular flexibility index (Phi) is 6.33. The van der Waals surface area contributed by atoms with Gasteiger partial charge in [-0.15, -0.1) is 0 Å². The predicted octanol–water partition coefficient (Wildman–Crippen LogP) is 3.21. The highest BCUT2D eigenvalue weighted by molar-refractivity contribution is 6.30. The van der Waals surface area contributed by atoms with Crippen LogP contribution < -0.4 is 10.2 Å². The molecule has 0 aliphatic carbocycles. The zero-order valence-corrected chi connectivity index (χ0v) is 20.0. The molecule has 1 aromatic carbocycles. The Morgan fingerprint density at radius 3 is 2.83 bits per heavy atom. The van der Waals surface area contributed by atoms with E-state index >= 15 is 0 Å². The lowest BCUT2D eigenvalue weighted by Gasteiger charge is -2.19. The predicted molar refractivity (Wildman–Crippen MR) is 134 cm³/mol. The van der Waals surface area contributed by atoms with Crippen molar-refractivity contribution < 1.29 is 9.90 Å². The lowest BCUT2D eigenvalue weighted by molar-refractivity contribution is -0.117. The largest absolute Gasteiger partial charge is 0.396 e. The molecule has 0 saturated heterocycles. The van der Waals surface area contributed by atoms with E-state index in [9.17, 15) is 15.2 Å². The third-order valence-corrected chi connectivity index (χ3v) is 6.42. The van der Waals surface area contributed by atoms with Crippen LogP contribution in [0.2, 0.25) is 5.15 Å². The molecule has 0 saturated carbocycles. The van der Waals surface area contributed by atoms with Crippen molar-refractivity contribution in [2.75, 3.05) is 23.4 Å². The van der Waals surface area contributed by atoms with E-state index in [1.807, 2.05) is 6.07 Å². The van der Waals surface area contributed by atoms with Gasteiger partial charge in [0.25, 0.3) is 0 Å². The number of nitrogens with one attached hydrogen (secondary N) is 1. The van der Waals surface area contributed by atoms with Crippen LogP contribution in [0.15, 0.2) is 55.0 Å². The van der Waals surface area contributed by atoms with Crippen molar-refractivity contribution >= 4 is 35.0 Å². The molecule has 0 bridgehead atoms. The molecule has 3 aromatic heterocycles. The second kappa shape index (κ2) is 9.73. The van der Waals surface area contributed by atoms with Gasteiger partial charge < -0.3 is 15.3 Å². The molecular formula is C25H21ClN8O2. The van der Waals surface area contributed by atoms with Gasteiger partial charge in [-0.05, 0) is 35.4 Å². The number of pyridine rings is 1. The lowest BCUT2D eigenvalue weighted by Crippen LogP contribution is -2.32. The molecular weight excluding hydrogens is 480 g/mol. The number of fused-ring (bicyclic) bond motifs is 1. The average Bonchev–Trinajstić information content (AvgIpc) is 3.48. The molecule has 0 radical (unpaired) electrons. The summed E-state index contributed by atoms with van der Waals surface area (Å²) in [6, 6.07) is 12.8. The van der Waals surface area contributed by atoms with E-state index in [2.05, 4.69) is 31.4 Å². The minimum absolute atomic E-state index is 0.0336. The number of aliphatic hydroxyl groups excluding tert-OH is 1. The summed E-state index contributed by atoms with van der Waals surface area (Å²) in [7, 11) is 1.80. The molecule has 36 heavy (non-hydrogen) atoms. The molecule has 10 nitrogen and oxygen atoms in total. The Balaban J connectivity index is 1.50. The Bertz CT molecular complexity index is 1500. The van der Waals surface area contributed by atoms with E-state index in [1.54, 1.807) is 65.6 Å². The summed E-state index contributed by atoms with van der Waals surface area (Å²) < 4.78 is 1.66. The van der Waals surface area contributed by atoms with Crippen LogP contribution in [0.1, 0.15) is 22.6 Å². The highest BCUT2D eigenvalue weighted by Crippen LogP contribution is 2.41. The molecule has 0 fully saturated rings. The fourth-order valence-electron chi connectivity index (χ4n) is 4.30. The molecule has 2 N–H and O–H groups in total. The van der Waals surface area contributed by atoms with Gasteiger partial charge in [0.05, 0.1) is 36.2 Å². The van der Waals surface area contributed by atoms with Crippen LogP contribution in [-0.2, 0) is 18.3 Å². The molecule has 5 rings (SSSR count). The van der Waals surface area contributed by atoms with Gasteiger partial charge in [-0.2, -0.15) is 10.4 Å². The number of hydrogen-bond donors (Lipinski definition) is 2. The van der Waals surface area contributed by atoms with Crippen molar-refractivity contribution in [1.82, 2.24) is 24.7 Å². The van der Waals surface area contributed by atoms with Crippen LogP contribution in [-0.4, -0.2) is 48.9 Å². The molecule has 4 aromatic rings. The monoisotopic (exact) mass is 500 g/mol. The highest BCUT2D eigenvalue weighted by atomic mass is 35.5.